The highest BCUT2D eigenvalue weighted by Crippen LogP contribution is 2.34. The Morgan fingerprint density at radius 3 is 2.62 bits per heavy atom. The van der Waals surface area contributed by atoms with Crippen LogP contribution in [0.5, 0.6) is 0 Å². The lowest BCUT2D eigenvalue weighted by Crippen LogP contribution is -2.33. The second-order valence-electron chi connectivity index (χ2n) is 8.09. The standard InChI is InChI=1S/C27H30N4O3/c1-2-34-19-7-18-31-25(23-9-3-4-10-24(23)27(31)33)30-22-13-11-20(12-14-22)26(32)29-17-15-21-8-5-6-16-28-21/h3-6,8-14,16,25,30H,2,7,15,17-19H2,1H3,(H,29,32). The molecule has 0 aliphatic carbocycles. The number of aromatic nitrogens is 1. The molecule has 4 rings (SSSR count). The fraction of sp³-hybridized carbons (Fsp3) is 0.296. The van der Waals surface area contributed by atoms with E-state index >= 15 is 0 Å². The molecule has 2 aromatic carbocycles. The zero-order valence-corrected chi connectivity index (χ0v) is 19.4. The Morgan fingerprint density at radius 2 is 1.85 bits per heavy atom. The molecule has 2 N–H and O–H groups in total. The quantitative estimate of drug-likeness (QED) is 0.424. The molecular formula is C27H30N4O3. The fourth-order valence-electron chi connectivity index (χ4n) is 4.07. The molecule has 34 heavy (non-hydrogen) atoms. The lowest BCUT2D eigenvalue weighted by atomic mass is 10.1. The van der Waals surface area contributed by atoms with E-state index in [4.69, 9.17) is 4.74 Å². The maximum Gasteiger partial charge on any atom is 0.256 e. The zero-order chi connectivity index (χ0) is 23.8. The number of nitrogens with zero attached hydrogens (tertiary/aromatic N) is 2. The SMILES string of the molecule is CCOCCCN1C(=O)c2ccccc2C1Nc1ccc(C(=O)NCCc2ccccn2)cc1. The second-order valence-corrected chi connectivity index (χ2v) is 8.09. The van der Waals surface area contributed by atoms with Gasteiger partial charge in [0, 0.05) is 67.0 Å². The maximum atomic E-state index is 13.0. The number of hydrogen-bond acceptors (Lipinski definition) is 5. The van der Waals surface area contributed by atoms with E-state index in [0.29, 0.717) is 38.3 Å². The molecule has 0 bridgehead atoms. The van der Waals surface area contributed by atoms with Crippen molar-refractivity contribution in [3.05, 3.63) is 95.3 Å². The molecule has 7 nitrogen and oxygen atoms in total. The van der Waals surface area contributed by atoms with Crippen molar-refractivity contribution >= 4 is 17.5 Å². The van der Waals surface area contributed by atoms with Gasteiger partial charge in [-0.25, -0.2) is 0 Å². The maximum absolute atomic E-state index is 13.0. The molecule has 1 unspecified atom stereocenters. The van der Waals surface area contributed by atoms with Gasteiger partial charge < -0.3 is 20.3 Å². The smallest absolute Gasteiger partial charge is 0.256 e. The molecule has 1 aliphatic heterocycles. The van der Waals surface area contributed by atoms with Gasteiger partial charge in [0.25, 0.3) is 11.8 Å². The summed E-state index contributed by atoms with van der Waals surface area (Å²) in [7, 11) is 0. The molecule has 0 fully saturated rings. The third-order valence-electron chi connectivity index (χ3n) is 5.79. The lowest BCUT2D eigenvalue weighted by Gasteiger charge is -2.27. The Morgan fingerprint density at radius 1 is 1.06 bits per heavy atom. The summed E-state index contributed by atoms with van der Waals surface area (Å²) in [5.41, 5.74) is 4.05. The van der Waals surface area contributed by atoms with Gasteiger partial charge in [-0.2, -0.15) is 0 Å². The largest absolute Gasteiger partial charge is 0.382 e. The van der Waals surface area contributed by atoms with Gasteiger partial charge in [0.2, 0.25) is 0 Å². The molecule has 7 heteroatoms. The van der Waals surface area contributed by atoms with Crippen LogP contribution in [0, 0.1) is 0 Å². The van der Waals surface area contributed by atoms with Crippen LogP contribution in [0.25, 0.3) is 0 Å². The number of nitrogens with one attached hydrogen (secondary N) is 2. The number of anilines is 1. The minimum atomic E-state index is -0.261. The van der Waals surface area contributed by atoms with Crippen LogP contribution in [0.2, 0.25) is 0 Å². The number of ether oxygens (including phenoxy) is 1. The van der Waals surface area contributed by atoms with Gasteiger partial charge in [0.15, 0.2) is 0 Å². The third-order valence-corrected chi connectivity index (χ3v) is 5.79. The normalized spacial score (nSPS) is 14.7. The first kappa shape index (κ1) is 23.4. The molecule has 0 saturated carbocycles. The van der Waals surface area contributed by atoms with Gasteiger partial charge in [-0.05, 0) is 55.8 Å². The van der Waals surface area contributed by atoms with E-state index < -0.39 is 0 Å². The van der Waals surface area contributed by atoms with E-state index in [1.54, 1.807) is 18.3 Å². The summed E-state index contributed by atoms with van der Waals surface area (Å²) in [5, 5.41) is 6.41. The number of benzene rings is 2. The monoisotopic (exact) mass is 458 g/mol. The van der Waals surface area contributed by atoms with Crippen LogP contribution in [0.3, 0.4) is 0 Å². The summed E-state index contributed by atoms with van der Waals surface area (Å²) in [6.07, 6.45) is 2.94. The molecule has 3 aromatic rings. The Bertz CT molecular complexity index is 1100. The van der Waals surface area contributed by atoms with Crippen molar-refractivity contribution in [2.45, 2.75) is 25.9 Å². The summed E-state index contributed by atoms with van der Waals surface area (Å²) in [5.74, 6) is -0.102. The Hall–Kier alpha value is -3.71. The van der Waals surface area contributed by atoms with Crippen molar-refractivity contribution in [2.75, 3.05) is 31.6 Å². The average molecular weight is 459 g/mol. The molecule has 1 aliphatic rings. The lowest BCUT2D eigenvalue weighted by molar-refractivity contribution is 0.0708. The van der Waals surface area contributed by atoms with E-state index in [1.165, 1.54) is 0 Å². The topological polar surface area (TPSA) is 83.6 Å². The van der Waals surface area contributed by atoms with Crippen LogP contribution >= 0.6 is 0 Å². The predicted molar refractivity (Wildman–Crippen MR) is 132 cm³/mol. The highest BCUT2D eigenvalue weighted by atomic mass is 16.5. The third kappa shape index (κ3) is 5.61. The van der Waals surface area contributed by atoms with Gasteiger partial charge in [0.05, 0.1) is 0 Å². The summed E-state index contributed by atoms with van der Waals surface area (Å²) < 4.78 is 5.45. The van der Waals surface area contributed by atoms with Crippen molar-refractivity contribution in [3.8, 4) is 0 Å². The molecule has 176 valence electrons. The van der Waals surface area contributed by atoms with E-state index in [0.717, 1.165) is 28.9 Å². The molecule has 0 spiro atoms. The molecule has 2 amide bonds. The van der Waals surface area contributed by atoms with E-state index in [-0.39, 0.29) is 18.0 Å². The molecule has 1 aromatic heterocycles. The van der Waals surface area contributed by atoms with Gasteiger partial charge in [-0.3, -0.25) is 14.6 Å². The van der Waals surface area contributed by atoms with Crippen LogP contribution in [0.15, 0.2) is 72.9 Å². The number of carbonyl (C=O) groups is 2. The van der Waals surface area contributed by atoms with Gasteiger partial charge in [-0.1, -0.05) is 24.3 Å². The minimum Gasteiger partial charge on any atom is -0.382 e. The fourth-order valence-corrected chi connectivity index (χ4v) is 4.07. The highest BCUT2D eigenvalue weighted by molar-refractivity contribution is 5.99. The molecule has 2 heterocycles. The van der Waals surface area contributed by atoms with Gasteiger partial charge in [-0.15, -0.1) is 0 Å². The number of pyridine rings is 1. The zero-order valence-electron chi connectivity index (χ0n) is 19.4. The van der Waals surface area contributed by atoms with Crippen molar-refractivity contribution in [1.29, 1.82) is 0 Å². The first-order valence-corrected chi connectivity index (χ1v) is 11.7. The van der Waals surface area contributed by atoms with Crippen LogP contribution in [-0.2, 0) is 11.2 Å². The minimum absolute atomic E-state index is 0.0218. The van der Waals surface area contributed by atoms with Crippen molar-refractivity contribution < 1.29 is 14.3 Å². The van der Waals surface area contributed by atoms with E-state index in [9.17, 15) is 9.59 Å². The number of fused-ring (bicyclic) bond motifs is 1. The van der Waals surface area contributed by atoms with Gasteiger partial charge in [0.1, 0.15) is 6.17 Å². The Labute approximate surface area is 200 Å². The summed E-state index contributed by atoms with van der Waals surface area (Å²) in [6.45, 7) is 4.37. The van der Waals surface area contributed by atoms with E-state index in [2.05, 4.69) is 15.6 Å². The Kier molecular flexibility index (Phi) is 7.88. The molecule has 0 saturated heterocycles. The van der Waals surface area contributed by atoms with Crippen molar-refractivity contribution in [2.24, 2.45) is 0 Å². The number of hydrogen-bond donors (Lipinski definition) is 2. The summed E-state index contributed by atoms with van der Waals surface area (Å²) >= 11 is 0. The van der Waals surface area contributed by atoms with E-state index in [1.807, 2.05) is 66.4 Å². The number of rotatable bonds is 11. The number of carbonyl (C=O) groups excluding carboxylic acids is 2. The van der Waals surface area contributed by atoms with Crippen LogP contribution in [0.1, 0.15) is 51.5 Å². The van der Waals surface area contributed by atoms with Crippen LogP contribution < -0.4 is 10.6 Å². The van der Waals surface area contributed by atoms with Gasteiger partial charge >= 0.3 is 0 Å². The highest BCUT2D eigenvalue weighted by Gasteiger charge is 2.36. The predicted octanol–water partition coefficient (Wildman–Crippen LogP) is 4.05. The number of amides is 2. The first-order valence-electron chi connectivity index (χ1n) is 11.7. The van der Waals surface area contributed by atoms with Crippen LogP contribution in [-0.4, -0.2) is 48.0 Å². The average Bonchev–Trinajstić information content (AvgIpc) is 3.14. The first-order chi connectivity index (χ1) is 16.7. The second kappa shape index (κ2) is 11.4. The Balaban J connectivity index is 1.38. The van der Waals surface area contributed by atoms with Crippen molar-refractivity contribution in [3.63, 3.8) is 0 Å². The molecular weight excluding hydrogens is 428 g/mol. The van der Waals surface area contributed by atoms with Crippen LogP contribution in [0.4, 0.5) is 5.69 Å². The molecule has 1 atom stereocenters. The summed E-state index contributed by atoms with van der Waals surface area (Å²) in [6, 6.07) is 20.8. The summed E-state index contributed by atoms with van der Waals surface area (Å²) in [4.78, 5) is 31.6. The molecule has 0 radical (unpaired) electrons. The van der Waals surface area contributed by atoms with Crippen molar-refractivity contribution in [1.82, 2.24) is 15.2 Å².